The number of hydrogen-bond acceptors (Lipinski definition) is 5. The van der Waals surface area contributed by atoms with E-state index in [4.69, 9.17) is 18.9 Å². The van der Waals surface area contributed by atoms with Gasteiger partial charge in [-0.25, -0.2) is 8.78 Å². The molecule has 0 saturated carbocycles. The number of rotatable bonds is 10. The summed E-state index contributed by atoms with van der Waals surface area (Å²) >= 11 is 0. The van der Waals surface area contributed by atoms with E-state index in [1.165, 1.54) is 19.3 Å². The van der Waals surface area contributed by atoms with E-state index in [9.17, 15) is 17.6 Å². The smallest absolute Gasteiger partial charge is 0.387 e. The van der Waals surface area contributed by atoms with Crippen LogP contribution in [0.3, 0.4) is 0 Å². The van der Waals surface area contributed by atoms with Gasteiger partial charge in [-0.2, -0.15) is 8.78 Å². The number of ether oxygens (including phenoxy) is 5. The summed E-state index contributed by atoms with van der Waals surface area (Å²) in [4.78, 5) is 0. The molecule has 2 fully saturated rings. The zero-order chi connectivity index (χ0) is 22.2. The summed E-state index contributed by atoms with van der Waals surface area (Å²) in [5.41, 5.74) is 0.305. The Labute approximate surface area is 179 Å². The van der Waals surface area contributed by atoms with Gasteiger partial charge in [0.05, 0.1) is 32.3 Å². The Bertz CT molecular complexity index is 651. The van der Waals surface area contributed by atoms with Crippen molar-refractivity contribution in [2.24, 2.45) is 11.8 Å². The van der Waals surface area contributed by atoms with Crippen LogP contribution in [0, 0.1) is 23.5 Å². The maximum atomic E-state index is 13.8. The average molecular weight is 450 g/mol. The fourth-order valence-electron chi connectivity index (χ4n) is 3.80. The van der Waals surface area contributed by atoms with Gasteiger partial charge in [0.25, 0.3) is 0 Å². The van der Waals surface area contributed by atoms with Crippen molar-refractivity contribution in [3.8, 4) is 5.75 Å². The molecule has 2 heterocycles. The summed E-state index contributed by atoms with van der Waals surface area (Å²) < 4.78 is 79.1. The number of alkyl halides is 2. The molecule has 0 atom stereocenters. The Hall–Kier alpha value is -1.42. The first kappa shape index (κ1) is 24.2. The minimum absolute atomic E-state index is 0.0338. The fourth-order valence-corrected chi connectivity index (χ4v) is 3.80. The van der Waals surface area contributed by atoms with E-state index < -0.39 is 30.3 Å². The molecule has 0 radical (unpaired) electrons. The molecular weight excluding hydrogens is 420 g/mol. The Kier molecular flexibility index (Phi) is 9.37. The third kappa shape index (κ3) is 7.30. The Morgan fingerprint density at radius 1 is 0.935 bits per heavy atom. The van der Waals surface area contributed by atoms with Gasteiger partial charge < -0.3 is 23.7 Å². The van der Waals surface area contributed by atoms with Crippen molar-refractivity contribution in [3.05, 3.63) is 29.3 Å². The van der Waals surface area contributed by atoms with Crippen LogP contribution in [-0.2, 0) is 25.4 Å². The number of benzene rings is 1. The Morgan fingerprint density at radius 2 is 1.58 bits per heavy atom. The number of aryl methyl sites for hydroxylation is 1. The molecule has 2 saturated heterocycles. The molecule has 2 aliphatic heterocycles. The third-order valence-corrected chi connectivity index (χ3v) is 5.52. The van der Waals surface area contributed by atoms with E-state index in [1.807, 2.05) is 0 Å². The normalized spacial score (nSPS) is 26.9. The summed E-state index contributed by atoms with van der Waals surface area (Å²) in [6.07, 6.45) is 4.46. The van der Waals surface area contributed by atoms with Crippen LogP contribution >= 0.6 is 0 Å². The van der Waals surface area contributed by atoms with Gasteiger partial charge in [-0.3, -0.25) is 0 Å². The first-order chi connectivity index (χ1) is 15.0. The second-order valence-corrected chi connectivity index (χ2v) is 8.06. The third-order valence-electron chi connectivity index (χ3n) is 5.52. The van der Waals surface area contributed by atoms with Gasteiger partial charge >= 0.3 is 6.61 Å². The van der Waals surface area contributed by atoms with Gasteiger partial charge in [0.1, 0.15) is 0 Å². The van der Waals surface area contributed by atoms with Crippen LogP contribution in [0.2, 0.25) is 0 Å². The van der Waals surface area contributed by atoms with Crippen molar-refractivity contribution in [2.75, 3.05) is 26.4 Å². The van der Waals surface area contributed by atoms with Gasteiger partial charge in [-0.1, -0.05) is 26.2 Å². The van der Waals surface area contributed by atoms with Crippen LogP contribution in [0.1, 0.15) is 44.6 Å². The minimum atomic E-state index is -3.30. The molecule has 2 aliphatic rings. The van der Waals surface area contributed by atoms with Gasteiger partial charge in [-0.15, -0.1) is 0 Å². The zero-order valence-corrected chi connectivity index (χ0v) is 17.7. The number of hydrogen-bond donors (Lipinski definition) is 0. The molecule has 0 aromatic heterocycles. The lowest BCUT2D eigenvalue weighted by Gasteiger charge is -2.37. The summed E-state index contributed by atoms with van der Waals surface area (Å²) in [6.45, 7) is 1.04. The van der Waals surface area contributed by atoms with Gasteiger partial charge in [0, 0.05) is 12.3 Å². The quantitative estimate of drug-likeness (QED) is 0.369. The SMILES string of the molecule is CCCCC[C@H]1CO[C@H]([C@H]2CO[C@H](CCc3cc(F)c(OC(F)F)c(F)c3)OC2)OC1. The number of halogens is 4. The highest BCUT2D eigenvalue weighted by Gasteiger charge is 2.33. The molecule has 0 amide bonds. The summed E-state index contributed by atoms with van der Waals surface area (Å²) in [7, 11) is 0. The largest absolute Gasteiger partial charge is 0.429 e. The first-order valence-corrected chi connectivity index (χ1v) is 10.8. The van der Waals surface area contributed by atoms with E-state index in [1.54, 1.807) is 0 Å². The van der Waals surface area contributed by atoms with E-state index in [-0.39, 0.29) is 18.6 Å². The predicted molar refractivity (Wildman–Crippen MR) is 104 cm³/mol. The van der Waals surface area contributed by atoms with E-state index >= 15 is 0 Å². The summed E-state index contributed by atoms with van der Waals surface area (Å²) in [5, 5.41) is 0. The van der Waals surface area contributed by atoms with E-state index in [0.29, 0.717) is 44.3 Å². The molecular formula is C22H30F4O5. The monoisotopic (exact) mass is 450 g/mol. The highest BCUT2D eigenvalue weighted by Crippen LogP contribution is 2.28. The maximum Gasteiger partial charge on any atom is 0.387 e. The highest BCUT2D eigenvalue weighted by atomic mass is 19.3. The Balaban J connectivity index is 1.38. The molecule has 1 aromatic carbocycles. The van der Waals surface area contributed by atoms with Crippen LogP contribution in [0.4, 0.5) is 17.6 Å². The standard InChI is InChI=1S/C22H30F4O5/c1-2-3-4-5-15-10-29-21(30-11-15)16-12-27-19(28-13-16)7-6-14-8-17(23)20(18(24)9-14)31-22(25)26/h8-9,15-16,19,21-22H,2-7,10-13H2,1H3/t15-,16-,19-,21-. The molecule has 0 spiro atoms. The first-order valence-electron chi connectivity index (χ1n) is 10.8. The molecule has 0 aliphatic carbocycles. The molecule has 5 nitrogen and oxygen atoms in total. The van der Waals surface area contributed by atoms with Gasteiger partial charge in [0.2, 0.25) is 0 Å². The predicted octanol–water partition coefficient (Wildman–Crippen LogP) is 5.06. The highest BCUT2D eigenvalue weighted by molar-refractivity contribution is 5.31. The molecule has 1 aromatic rings. The molecule has 176 valence electrons. The topological polar surface area (TPSA) is 46.2 Å². The van der Waals surface area contributed by atoms with E-state index in [2.05, 4.69) is 11.7 Å². The van der Waals surface area contributed by atoms with Crippen molar-refractivity contribution in [3.63, 3.8) is 0 Å². The van der Waals surface area contributed by atoms with E-state index in [0.717, 1.165) is 18.6 Å². The summed E-state index contributed by atoms with van der Waals surface area (Å²) in [6, 6.07) is 1.96. The zero-order valence-electron chi connectivity index (χ0n) is 17.7. The minimum Gasteiger partial charge on any atom is -0.429 e. The lowest BCUT2D eigenvalue weighted by atomic mass is 10.0. The Morgan fingerprint density at radius 3 is 2.16 bits per heavy atom. The van der Waals surface area contributed by atoms with Crippen molar-refractivity contribution < 1.29 is 41.2 Å². The lowest BCUT2D eigenvalue weighted by molar-refractivity contribution is -0.281. The summed E-state index contributed by atoms with van der Waals surface area (Å²) in [5.74, 6) is -3.01. The van der Waals surface area contributed by atoms with Gasteiger partial charge in [0.15, 0.2) is 30.0 Å². The molecule has 3 rings (SSSR count). The molecule has 0 unspecified atom stereocenters. The second kappa shape index (κ2) is 12.0. The molecule has 9 heteroatoms. The fraction of sp³-hybridized carbons (Fsp3) is 0.727. The van der Waals surface area contributed by atoms with Gasteiger partial charge in [-0.05, 0) is 30.5 Å². The van der Waals surface area contributed by atoms with Crippen molar-refractivity contribution in [1.29, 1.82) is 0 Å². The lowest BCUT2D eigenvalue weighted by Crippen LogP contribution is -2.44. The van der Waals surface area contributed by atoms with Crippen LogP contribution < -0.4 is 4.74 Å². The molecule has 0 bridgehead atoms. The maximum absolute atomic E-state index is 13.8. The van der Waals surface area contributed by atoms with Crippen molar-refractivity contribution >= 4 is 0 Å². The van der Waals surface area contributed by atoms with Crippen molar-refractivity contribution in [2.45, 2.75) is 64.6 Å². The molecule has 31 heavy (non-hydrogen) atoms. The van der Waals surface area contributed by atoms with Crippen LogP contribution in [0.15, 0.2) is 12.1 Å². The van der Waals surface area contributed by atoms with Crippen LogP contribution in [-0.4, -0.2) is 45.6 Å². The molecule has 0 N–H and O–H groups in total. The number of unbranched alkanes of at least 4 members (excludes halogenated alkanes) is 2. The average Bonchev–Trinajstić information content (AvgIpc) is 2.76. The van der Waals surface area contributed by atoms with Crippen LogP contribution in [0.25, 0.3) is 0 Å². The van der Waals surface area contributed by atoms with Crippen LogP contribution in [0.5, 0.6) is 5.75 Å². The second-order valence-electron chi connectivity index (χ2n) is 8.06. The van der Waals surface area contributed by atoms with Crippen molar-refractivity contribution in [1.82, 2.24) is 0 Å².